The first-order valence-electron chi connectivity index (χ1n) is 9.42. The number of amides is 2. The summed E-state index contributed by atoms with van der Waals surface area (Å²) in [5, 5.41) is 9.36. The van der Waals surface area contributed by atoms with Gasteiger partial charge in [0, 0.05) is 24.0 Å². The number of aliphatic hydroxyl groups is 1. The van der Waals surface area contributed by atoms with Crippen LogP contribution < -0.4 is 10.6 Å². The van der Waals surface area contributed by atoms with Crippen LogP contribution in [0.1, 0.15) is 45.8 Å². The minimum atomic E-state index is -0.905. The molecule has 158 valence electrons. The van der Waals surface area contributed by atoms with E-state index >= 15 is 0 Å². The Morgan fingerprint density at radius 3 is 2.53 bits per heavy atom. The predicted octanol–water partition coefficient (Wildman–Crippen LogP) is 2.72. The Kier molecular flexibility index (Phi) is 5.34. The number of benzene rings is 1. The Labute approximate surface area is 181 Å². The van der Waals surface area contributed by atoms with Gasteiger partial charge in [-0.1, -0.05) is 23.2 Å². The van der Waals surface area contributed by atoms with E-state index in [1.807, 2.05) is 0 Å². The molecule has 2 aromatic rings. The monoisotopic (exact) mass is 453 g/mol. The third-order valence-corrected chi connectivity index (χ3v) is 6.27. The molecule has 10 heteroatoms. The first-order valence-corrected chi connectivity index (χ1v) is 10.2. The second kappa shape index (κ2) is 7.68. The molecule has 30 heavy (non-hydrogen) atoms. The molecule has 1 aliphatic carbocycles. The number of hydrogen-bond donors (Lipinski definition) is 2. The first kappa shape index (κ1) is 20.8. The highest BCUT2D eigenvalue weighted by atomic mass is 35.5. The SMILES string of the molecule is NC(=O)c1c(Cl)c(C(=O)C(=O)N(c2ccc(F)c(Cl)c2)C2CC(O)C2)n2c1CCC2. The first-order chi connectivity index (χ1) is 14.2. The van der Waals surface area contributed by atoms with Crippen molar-refractivity contribution in [2.45, 2.75) is 44.4 Å². The van der Waals surface area contributed by atoms with Crippen LogP contribution in [0.2, 0.25) is 10.0 Å². The van der Waals surface area contributed by atoms with Crippen molar-refractivity contribution >= 4 is 46.5 Å². The molecule has 0 bridgehead atoms. The van der Waals surface area contributed by atoms with Crippen LogP contribution >= 0.6 is 23.2 Å². The van der Waals surface area contributed by atoms with Crippen LogP contribution in [-0.4, -0.2) is 39.4 Å². The van der Waals surface area contributed by atoms with Crippen LogP contribution in [0.15, 0.2) is 18.2 Å². The van der Waals surface area contributed by atoms with Crippen molar-refractivity contribution in [3.63, 3.8) is 0 Å². The minimum Gasteiger partial charge on any atom is -0.393 e. The largest absolute Gasteiger partial charge is 0.393 e. The molecular weight excluding hydrogens is 436 g/mol. The number of carbonyl (C=O) groups excluding carboxylic acids is 3. The van der Waals surface area contributed by atoms with Gasteiger partial charge in [-0.05, 0) is 43.9 Å². The van der Waals surface area contributed by atoms with Gasteiger partial charge in [0.15, 0.2) is 0 Å². The molecule has 1 saturated carbocycles. The van der Waals surface area contributed by atoms with Crippen molar-refractivity contribution < 1.29 is 23.9 Å². The summed E-state index contributed by atoms with van der Waals surface area (Å²) >= 11 is 12.2. The van der Waals surface area contributed by atoms with E-state index in [2.05, 4.69) is 0 Å². The summed E-state index contributed by atoms with van der Waals surface area (Å²) in [7, 11) is 0. The Bertz CT molecular complexity index is 1080. The highest BCUT2D eigenvalue weighted by Crippen LogP contribution is 2.36. The number of aliphatic hydroxyl groups excluding tert-OH is 1. The Balaban J connectivity index is 1.76. The molecule has 2 heterocycles. The summed E-state index contributed by atoms with van der Waals surface area (Å²) < 4.78 is 15.2. The zero-order chi connectivity index (χ0) is 21.7. The molecule has 0 saturated heterocycles. The molecule has 1 aromatic carbocycles. The zero-order valence-corrected chi connectivity index (χ0v) is 17.2. The molecular formula is C20H18Cl2FN3O4. The molecule has 1 aliphatic heterocycles. The number of nitrogens with two attached hydrogens (primary N) is 1. The van der Waals surface area contributed by atoms with Gasteiger partial charge in [-0.3, -0.25) is 14.4 Å². The topological polar surface area (TPSA) is 106 Å². The van der Waals surface area contributed by atoms with Crippen LogP contribution in [-0.2, 0) is 17.8 Å². The van der Waals surface area contributed by atoms with E-state index in [4.69, 9.17) is 28.9 Å². The molecule has 0 unspecified atom stereocenters. The van der Waals surface area contributed by atoms with Gasteiger partial charge in [-0.15, -0.1) is 0 Å². The number of anilines is 1. The lowest BCUT2D eigenvalue weighted by atomic mass is 9.87. The molecule has 2 aliphatic rings. The highest BCUT2D eigenvalue weighted by Gasteiger charge is 2.41. The number of primary amides is 1. The highest BCUT2D eigenvalue weighted by molar-refractivity contribution is 6.50. The average Bonchev–Trinajstić information content (AvgIpc) is 3.21. The van der Waals surface area contributed by atoms with Gasteiger partial charge in [0.2, 0.25) is 0 Å². The van der Waals surface area contributed by atoms with Crippen LogP contribution in [0.25, 0.3) is 0 Å². The lowest BCUT2D eigenvalue weighted by Crippen LogP contribution is -2.52. The fourth-order valence-corrected chi connectivity index (χ4v) is 4.69. The lowest BCUT2D eigenvalue weighted by molar-refractivity contribution is -0.116. The van der Waals surface area contributed by atoms with E-state index in [1.165, 1.54) is 17.0 Å². The van der Waals surface area contributed by atoms with E-state index in [-0.39, 0.29) is 39.8 Å². The van der Waals surface area contributed by atoms with E-state index in [0.717, 1.165) is 6.07 Å². The molecule has 2 amide bonds. The van der Waals surface area contributed by atoms with E-state index in [9.17, 15) is 23.9 Å². The fraction of sp³-hybridized carbons (Fsp3) is 0.350. The van der Waals surface area contributed by atoms with Gasteiger partial charge in [0.25, 0.3) is 11.7 Å². The molecule has 1 aromatic heterocycles. The Morgan fingerprint density at radius 1 is 1.23 bits per heavy atom. The van der Waals surface area contributed by atoms with Gasteiger partial charge in [-0.25, -0.2) is 4.39 Å². The molecule has 7 nitrogen and oxygen atoms in total. The number of aromatic nitrogens is 1. The van der Waals surface area contributed by atoms with Crippen LogP contribution in [0.5, 0.6) is 0 Å². The van der Waals surface area contributed by atoms with Crippen LogP contribution in [0, 0.1) is 5.82 Å². The maximum absolute atomic E-state index is 13.6. The summed E-state index contributed by atoms with van der Waals surface area (Å²) in [6.45, 7) is 0.432. The second-order valence-electron chi connectivity index (χ2n) is 7.49. The minimum absolute atomic E-state index is 0.0563. The number of nitrogens with zero attached hydrogens (tertiary/aromatic N) is 2. The van der Waals surface area contributed by atoms with Crippen molar-refractivity contribution in [2.75, 3.05) is 4.90 Å². The summed E-state index contributed by atoms with van der Waals surface area (Å²) in [6.07, 6.45) is 1.14. The smallest absolute Gasteiger partial charge is 0.301 e. The number of Topliss-reactive ketones (excluding diaryl/α,β-unsaturated/α-hetero) is 1. The van der Waals surface area contributed by atoms with E-state index in [0.29, 0.717) is 25.1 Å². The standard InChI is InChI=1S/C20H18Cl2FN3O4/c21-12-8-9(3-4-13(12)23)26(10-6-11(27)7-10)20(30)18(28)17-16(22)15(19(24)29)14-2-1-5-25(14)17/h3-4,8,10-11,27H,1-2,5-7H2,(H2,24,29). The van der Waals surface area contributed by atoms with Gasteiger partial charge in [-0.2, -0.15) is 0 Å². The maximum Gasteiger partial charge on any atom is 0.301 e. The van der Waals surface area contributed by atoms with Crippen molar-refractivity contribution in [2.24, 2.45) is 5.73 Å². The lowest BCUT2D eigenvalue weighted by Gasteiger charge is -2.40. The summed E-state index contributed by atoms with van der Waals surface area (Å²) in [6, 6.07) is 3.24. The van der Waals surface area contributed by atoms with E-state index < -0.39 is 35.6 Å². The number of rotatable bonds is 5. The zero-order valence-electron chi connectivity index (χ0n) is 15.7. The summed E-state index contributed by atoms with van der Waals surface area (Å²) in [5.41, 5.74) is 6.18. The van der Waals surface area contributed by atoms with Crippen LogP contribution in [0.4, 0.5) is 10.1 Å². The number of fused-ring (bicyclic) bond motifs is 1. The molecule has 0 radical (unpaired) electrons. The number of halogens is 3. The van der Waals surface area contributed by atoms with Gasteiger partial charge in [0.1, 0.15) is 11.5 Å². The van der Waals surface area contributed by atoms with Crippen molar-refractivity contribution in [1.29, 1.82) is 0 Å². The third kappa shape index (κ3) is 3.29. The van der Waals surface area contributed by atoms with Crippen LogP contribution in [0.3, 0.4) is 0 Å². The number of ketones is 1. The van der Waals surface area contributed by atoms with Gasteiger partial charge in [0.05, 0.1) is 21.7 Å². The molecule has 3 N–H and O–H groups in total. The molecule has 0 atom stereocenters. The maximum atomic E-state index is 13.6. The third-order valence-electron chi connectivity index (χ3n) is 5.62. The van der Waals surface area contributed by atoms with Crippen molar-refractivity contribution in [1.82, 2.24) is 4.57 Å². The number of hydrogen-bond acceptors (Lipinski definition) is 4. The molecule has 0 spiro atoms. The predicted molar refractivity (Wildman–Crippen MR) is 109 cm³/mol. The molecule has 1 fully saturated rings. The van der Waals surface area contributed by atoms with Crippen molar-refractivity contribution in [3.8, 4) is 0 Å². The fourth-order valence-electron chi connectivity index (χ4n) is 4.13. The van der Waals surface area contributed by atoms with Crippen molar-refractivity contribution in [3.05, 3.63) is 51.0 Å². The molecule has 4 rings (SSSR count). The number of carbonyl (C=O) groups is 3. The quantitative estimate of drug-likeness (QED) is 0.536. The van der Waals surface area contributed by atoms with Gasteiger partial charge < -0.3 is 20.3 Å². The van der Waals surface area contributed by atoms with E-state index in [1.54, 1.807) is 4.57 Å². The second-order valence-corrected chi connectivity index (χ2v) is 8.27. The van der Waals surface area contributed by atoms with Gasteiger partial charge >= 0.3 is 5.91 Å². The summed E-state index contributed by atoms with van der Waals surface area (Å²) in [5.74, 6) is -3.23. The Morgan fingerprint density at radius 2 is 1.93 bits per heavy atom. The normalized spacial score (nSPS) is 19.9. The summed E-state index contributed by atoms with van der Waals surface area (Å²) in [4.78, 5) is 39.6. The Hall–Kier alpha value is -2.42. The average molecular weight is 454 g/mol.